The first kappa shape index (κ1) is 22.0. The highest BCUT2D eigenvalue weighted by molar-refractivity contribution is 5.97. The van der Waals surface area contributed by atoms with Crippen LogP contribution in [0.25, 0.3) is 0 Å². The highest BCUT2D eigenvalue weighted by atomic mass is 19.1. The van der Waals surface area contributed by atoms with Gasteiger partial charge in [-0.1, -0.05) is 30.3 Å². The average molecular weight is 434 g/mol. The van der Waals surface area contributed by atoms with Gasteiger partial charge < -0.3 is 9.47 Å². The Morgan fingerprint density at radius 2 is 1.59 bits per heavy atom. The molecule has 3 aromatic carbocycles. The van der Waals surface area contributed by atoms with Gasteiger partial charge in [0.05, 0.1) is 6.67 Å². The number of likely N-dealkylation sites (tertiary alicyclic amines) is 1. The summed E-state index contributed by atoms with van der Waals surface area (Å²) in [5, 5.41) is 0. The van der Waals surface area contributed by atoms with Crippen molar-refractivity contribution in [2.75, 3.05) is 26.3 Å². The molecule has 0 spiro atoms. The molecule has 1 atom stereocenters. The van der Waals surface area contributed by atoms with Crippen molar-refractivity contribution in [1.82, 2.24) is 4.90 Å². The molecule has 0 aromatic heterocycles. The molecule has 0 N–H and O–H groups in total. The number of hydrogen-bond donors (Lipinski definition) is 0. The van der Waals surface area contributed by atoms with E-state index in [1.807, 2.05) is 78.9 Å². The zero-order chi connectivity index (χ0) is 22.2. The summed E-state index contributed by atoms with van der Waals surface area (Å²) < 4.78 is 24.2. The molecule has 1 saturated heterocycles. The fourth-order valence-electron chi connectivity index (χ4n) is 3.88. The van der Waals surface area contributed by atoms with Gasteiger partial charge in [-0.3, -0.25) is 14.1 Å². The van der Waals surface area contributed by atoms with Crippen LogP contribution in [-0.4, -0.2) is 43.1 Å². The molecule has 4 rings (SSSR count). The van der Waals surface area contributed by atoms with E-state index in [2.05, 4.69) is 4.90 Å². The molecule has 1 fully saturated rings. The predicted molar refractivity (Wildman–Crippen MR) is 123 cm³/mol. The molecular weight excluding hydrogens is 405 g/mol. The van der Waals surface area contributed by atoms with Gasteiger partial charge >= 0.3 is 0 Å². The lowest BCUT2D eigenvalue weighted by Crippen LogP contribution is -2.26. The Morgan fingerprint density at radius 1 is 0.906 bits per heavy atom. The van der Waals surface area contributed by atoms with Crippen molar-refractivity contribution in [2.24, 2.45) is 0 Å². The monoisotopic (exact) mass is 433 g/mol. The molecule has 4 nitrogen and oxygen atoms in total. The first-order valence-electron chi connectivity index (χ1n) is 11.1. The molecule has 1 aliphatic heterocycles. The van der Waals surface area contributed by atoms with E-state index in [0.717, 1.165) is 48.9 Å². The Balaban J connectivity index is 1.27. The van der Waals surface area contributed by atoms with E-state index in [-0.39, 0.29) is 18.6 Å². The number of benzene rings is 3. The number of ether oxygens (including phenoxy) is 2. The second kappa shape index (κ2) is 10.9. The Hall–Kier alpha value is -3.18. The second-order valence-corrected chi connectivity index (χ2v) is 8.06. The molecule has 1 aliphatic rings. The van der Waals surface area contributed by atoms with Crippen LogP contribution in [-0.2, 0) is 6.42 Å². The van der Waals surface area contributed by atoms with Gasteiger partial charge in [0.15, 0.2) is 5.78 Å². The highest BCUT2D eigenvalue weighted by Crippen LogP contribution is 2.23. The quantitative estimate of drug-likeness (QED) is 0.384. The maximum Gasteiger partial charge on any atom is 0.167 e. The van der Waals surface area contributed by atoms with Crippen molar-refractivity contribution < 1.29 is 18.7 Å². The van der Waals surface area contributed by atoms with Crippen molar-refractivity contribution >= 4 is 5.78 Å². The van der Waals surface area contributed by atoms with Gasteiger partial charge in [0.1, 0.15) is 23.4 Å². The number of hydrogen-bond acceptors (Lipinski definition) is 4. The number of carbonyl (C=O) groups is 1. The van der Waals surface area contributed by atoms with Crippen LogP contribution in [0.3, 0.4) is 0 Å². The van der Waals surface area contributed by atoms with Crippen molar-refractivity contribution in [3.8, 4) is 17.2 Å². The van der Waals surface area contributed by atoms with Crippen LogP contribution in [0.15, 0.2) is 78.9 Å². The van der Waals surface area contributed by atoms with Crippen molar-refractivity contribution in [1.29, 1.82) is 0 Å². The number of halogens is 1. The maximum atomic E-state index is 12.7. The number of alkyl halides is 1. The molecule has 0 amide bonds. The minimum absolute atomic E-state index is 0.0616. The van der Waals surface area contributed by atoms with Crippen molar-refractivity contribution in [3.63, 3.8) is 0 Å². The van der Waals surface area contributed by atoms with Gasteiger partial charge in [-0.05, 0) is 66.9 Å². The molecule has 0 bridgehead atoms. The van der Waals surface area contributed by atoms with Gasteiger partial charge in [0, 0.05) is 31.6 Å². The van der Waals surface area contributed by atoms with E-state index in [1.165, 1.54) is 0 Å². The molecule has 3 aromatic rings. The van der Waals surface area contributed by atoms with Gasteiger partial charge in [-0.15, -0.1) is 0 Å². The molecule has 0 radical (unpaired) electrons. The maximum absolute atomic E-state index is 12.7. The molecule has 32 heavy (non-hydrogen) atoms. The molecule has 1 heterocycles. The SMILES string of the molecule is O=C(Cc1ccc(Oc2ccccc2)cc1)c1ccc(O[C@H]2CCN(CCCF)C2)cc1. The molecule has 5 heteroatoms. The first-order chi connectivity index (χ1) is 15.7. The zero-order valence-corrected chi connectivity index (χ0v) is 18.1. The zero-order valence-electron chi connectivity index (χ0n) is 18.1. The summed E-state index contributed by atoms with van der Waals surface area (Å²) in [6.45, 7) is 2.27. The Labute approximate surface area is 188 Å². The smallest absolute Gasteiger partial charge is 0.167 e. The summed E-state index contributed by atoms with van der Waals surface area (Å²) in [6, 6.07) is 24.6. The lowest BCUT2D eigenvalue weighted by Gasteiger charge is -2.16. The minimum Gasteiger partial charge on any atom is -0.489 e. The van der Waals surface area contributed by atoms with Crippen LogP contribution >= 0.6 is 0 Å². The Bertz CT molecular complexity index is 990. The molecule has 0 saturated carbocycles. The van der Waals surface area contributed by atoms with Crippen LogP contribution < -0.4 is 9.47 Å². The molecule has 0 aliphatic carbocycles. The Morgan fingerprint density at radius 3 is 2.31 bits per heavy atom. The molecule has 0 unspecified atom stereocenters. The normalized spacial score (nSPS) is 16.1. The highest BCUT2D eigenvalue weighted by Gasteiger charge is 2.23. The van der Waals surface area contributed by atoms with Gasteiger partial charge in [-0.2, -0.15) is 0 Å². The summed E-state index contributed by atoms with van der Waals surface area (Å²) in [7, 11) is 0. The number of carbonyl (C=O) groups excluding carboxylic acids is 1. The van der Waals surface area contributed by atoms with E-state index in [0.29, 0.717) is 18.4 Å². The number of rotatable bonds is 10. The third-order valence-corrected chi connectivity index (χ3v) is 5.58. The van der Waals surface area contributed by atoms with Gasteiger partial charge in [0.25, 0.3) is 0 Å². The lowest BCUT2D eigenvalue weighted by atomic mass is 10.0. The van der Waals surface area contributed by atoms with E-state index >= 15 is 0 Å². The van der Waals surface area contributed by atoms with E-state index < -0.39 is 0 Å². The molecular formula is C27H28FNO3. The fraction of sp³-hybridized carbons (Fsp3) is 0.296. The van der Waals surface area contributed by atoms with Crippen LogP contribution in [0, 0.1) is 0 Å². The Kier molecular flexibility index (Phi) is 7.51. The summed E-state index contributed by atoms with van der Waals surface area (Å²) in [5.74, 6) is 2.35. The summed E-state index contributed by atoms with van der Waals surface area (Å²) in [6.07, 6.45) is 1.97. The summed E-state index contributed by atoms with van der Waals surface area (Å²) in [5.41, 5.74) is 1.60. The van der Waals surface area contributed by atoms with Crippen molar-refractivity contribution in [2.45, 2.75) is 25.4 Å². The van der Waals surface area contributed by atoms with E-state index in [4.69, 9.17) is 9.47 Å². The summed E-state index contributed by atoms with van der Waals surface area (Å²) in [4.78, 5) is 14.9. The average Bonchev–Trinajstić information content (AvgIpc) is 3.27. The van der Waals surface area contributed by atoms with Crippen LogP contribution in [0.2, 0.25) is 0 Å². The van der Waals surface area contributed by atoms with E-state index in [1.54, 1.807) is 0 Å². The number of Topliss-reactive ketones (excluding diaryl/α,β-unsaturated/α-hetero) is 1. The van der Waals surface area contributed by atoms with Gasteiger partial charge in [-0.25, -0.2) is 0 Å². The van der Waals surface area contributed by atoms with Crippen LogP contribution in [0.1, 0.15) is 28.8 Å². The van der Waals surface area contributed by atoms with E-state index in [9.17, 15) is 9.18 Å². The number of para-hydroxylation sites is 1. The van der Waals surface area contributed by atoms with Crippen LogP contribution in [0.4, 0.5) is 4.39 Å². The second-order valence-electron chi connectivity index (χ2n) is 8.06. The standard InChI is InChI=1S/C27H28FNO3/c28-16-4-17-29-18-15-26(20-29)32-25-13-9-22(10-14-25)27(30)19-21-7-11-24(12-8-21)31-23-5-2-1-3-6-23/h1-3,5-14,26H,4,15-20H2/t26-/m0/s1. The predicted octanol–water partition coefficient (Wildman–Crippen LogP) is 5.72. The van der Waals surface area contributed by atoms with Crippen molar-refractivity contribution in [3.05, 3.63) is 90.0 Å². The first-order valence-corrected chi connectivity index (χ1v) is 11.1. The lowest BCUT2D eigenvalue weighted by molar-refractivity contribution is 0.0993. The van der Waals surface area contributed by atoms with Crippen LogP contribution in [0.5, 0.6) is 17.2 Å². The number of nitrogens with zero attached hydrogens (tertiary/aromatic N) is 1. The van der Waals surface area contributed by atoms with Gasteiger partial charge in [0.2, 0.25) is 0 Å². The third kappa shape index (κ3) is 6.17. The third-order valence-electron chi connectivity index (χ3n) is 5.58. The number of ketones is 1. The molecule has 166 valence electrons. The summed E-state index contributed by atoms with van der Waals surface area (Å²) >= 11 is 0. The minimum atomic E-state index is -0.275. The fourth-order valence-corrected chi connectivity index (χ4v) is 3.88. The largest absolute Gasteiger partial charge is 0.489 e. The topological polar surface area (TPSA) is 38.8 Å².